The average Bonchev–Trinajstić information content (AvgIpc) is 2.49. The molecule has 0 spiro atoms. The van der Waals surface area contributed by atoms with Crippen LogP contribution in [0.2, 0.25) is 0 Å². The molecule has 0 saturated carbocycles. The summed E-state index contributed by atoms with van der Waals surface area (Å²) in [7, 11) is -2.17. The first-order valence-corrected chi connectivity index (χ1v) is 9.31. The summed E-state index contributed by atoms with van der Waals surface area (Å²) in [4.78, 5) is -0.0889. The van der Waals surface area contributed by atoms with E-state index in [1.807, 2.05) is 0 Å². The number of hydrogen-bond donors (Lipinski definition) is 2. The van der Waals surface area contributed by atoms with Gasteiger partial charge >= 0.3 is 0 Å². The van der Waals surface area contributed by atoms with Crippen LogP contribution in [-0.2, 0) is 14.8 Å². The third kappa shape index (κ3) is 5.37. The Hall–Kier alpha value is -0.250. The lowest BCUT2D eigenvalue weighted by molar-refractivity contribution is 0.0577. The first-order chi connectivity index (χ1) is 10.4. The highest BCUT2D eigenvalue weighted by Gasteiger charge is 2.34. The maximum absolute atomic E-state index is 13.3. The molecule has 0 aliphatic carbocycles. The molecule has 5 nitrogen and oxygen atoms in total. The Morgan fingerprint density at radius 1 is 1.39 bits per heavy atom. The lowest BCUT2D eigenvalue weighted by Crippen LogP contribution is -2.47. The monoisotopic (exact) mass is 430 g/mol. The molecule has 0 atom stereocenters. The van der Waals surface area contributed by atoms with E-state index in [1.165, 1.54) is 12.1 Å². The van der Waals surface area contributed by atoms with Crippen LogP contribution in [0.3, 0.4) is 0 Å². The fourth-order valence-electron chi connectivity index (χ4n) is 2.64. The molecule has 1 saturated heterocycles. The standard InChI is InChI=1S/C14H20BrFN2O3S.ClH/c1-21-10-14(4-6-17-7-5-14)9-18-22(19,20)13-8-11(16)2-3-12(13)15;/h2-3,8,17-18H,4-7,9-10H2,1H3;1H. The van der Waals surface area contributed by atoms with Gasteiger partial charge in [0, 0.05) is 23.5 Å². The number of sulfonamides is 1. The van der Waals surface area contributed by atoms with Crippen molar-refractivity contribution in [2.24, 2.45) is 5.41 Å². The number of benzene rings is 1. The first-order valence-electron chi connectivity index (χ1n) is 7.03. The highest BCUT2D eigenvalue weighted by Crippen LogP contribution is 2.29. The Balaban J connectivity index is 0.00000264. The quantitative estimate of drug-likeness (QED) is 0.725. The minimum absolute atomic E-state index is 0. The highest BCUT2D eigenvalue weighted by molar-refractivity contribution is 9.10. The summed E-state index contributed by atoms with van der Waals surface area (Å²) in [6.45, 7) is 2.42. The molecule has 1 aliphatic rings. The van der Waals surface area contributed by atoms with E-state index in [-0.39, 0.29) is 29.3 Å². The summed E-state index contributed by atoms with van der Waals surface area (Å²) in [6.07, 6.45) is 1.65. The summed E-state index contributed by atoms with van der Waals surface area (Å²) in [5.41, 5.74) is -0.229. The molecule has 2 N–H and O–H groups in total. The van der Waals surface area contributed by atoms with E-state index in [2.05, 4.69) is 26.0 Å². The SMILES string of the molecule is COCC1(CNS(=O)(=O)c2cc(F)ccc2Br)CCNCC1.Cl. The van der Waals surface area contributed by atoms with E-state index in [4.69, 9.17) is 4.74 Å². The van der Waals surface area contributed by atoms with Gasteiger partial charge in [0.15, 0.2) is 0 Å². The van der Waals surface area contributed by atoms with Crippen LogP contribution in [0, 0.1) is 11.2 Å². The number of halogens is 3. The van der Waals surface area contributed by atoms with Gasteiger partial charge in [-0.15, -0.1) is 12.4 Å². The number of piperidine rings is 1. The molecule has 0 aromatic heterocycles. The fourth-order valence-corrected chi connectivity index (χ4v) is 4.77. The van der Waals surface area contributed by atoms with Crippen molar-refractivity contribution in [2.45, 2.75) is 17.7 Å². The van der Waals surface area contributed by atoms with Gasteiger partial charge in [0.25, 0.3) is 0 Å². The van der Waals surface area contributed by atoms with Crippen LogP contribution in [-0.4, -0.2) is 41.8 Å². The summed E-state index contributed by atoms with van der Waals surface area (Å²) in [6, 6.07) is 3.61. The second-order valence-corrected chi connectivity index (χ2v) is 8.17. The van der Waals surface area contributed by atoms with Gasteiger partial charge in [-0.05, 0) is 60.1 Å². The minimum Gasteiger partial charge on any atom is -0.384 e. The van der Waals surface area contributed by atoms with E-state index in [9.17, 15) is 12.8 Å². The van der Waals surface area contributed by atoms with Gasteiger partial charge in [-0.2, -0.15) is 0 Å². The number of methoxy groups -OCH3 is 1. The zero-order valence-electron chi connectivity index (χ0n) is 12.8. The summed E-state index contributed by atoms with van der Waals surface area (Å²) >= 11 is 3.16. The number of nitrogens with one attached hydrogen (secondary N) is 2. The molecule has 0 amide bonds. The Kier molecular flexibility index (Phi) is 7.89. The van der Waals surface area contributed by atoms with Crippen molar-refractivity contribution in [3.63, 3.8) is 0 Å². The van der Waals surface area contributed by atoms with Crippen molar-refractivity contribution in [3.8, 4) is 0 Å². The Bertz CT molecular complexity index is 619. The Morgan fingerprint density at radius 2 is 2.04 bits per heavy atom. The normalized spacial score (nSPS) is 17.5. The van der Waals surface area contributed by atoms with Gasteiger partial charge in [0.2, 0.25) is 10.0 Å². The minimum atomic E-state index is -3.78. The molecule has 0 bridgehead atoms. The largest absolute Gasteiger partial charge is 0.384 e. The molecule has 0 radical (unpaired) electrons. The lowest BCUT2D eigenvalue weighted by Gasteiger charge is -2.37. The zero-order valence-corrected chi connectivity index (χ0v) is 16.0. The second-order valence-electron chi connectivity index (χ2n) is 5.58. The molecule has 132 valence electrons. The van der Waals surface area contributed by atoms with Gasteiger partial charge in [0.05, 0.1) is 11.5 Å². The molecule has 1 heterocycles. The second kappa shape index (κ2) is 8.73. The molecule has 1 fully saturated rings. The van der Waals surface area contributed by atoms with Crippen LogP contribution in [0.4, 0.5) is 4.39 Å². The third-order valence-electron chi connectivity index (χ3n) is 3.93. The molecular weight excluding hydrogens is 411 g/mol. The van der Waals surface area contributed by atoms with E-state index < -0.39 is 15.8 Å². The molecule has 1 aromatic rings. The molecule has 2 rings (SSSR count). The van der Waals surface area contributed by atoms with E-state index in [0.29, 0.717) is 11.1 Å². The topological polar surface area (TPSA) is 67.4 Å². The van der Waals surface area contributed by atoms with Gasteiger partial charge in [-0.3, -0.25) is 0 Å². The average molecular weight is 432 g/mol. The van der Waals surface area contributed by atoms with Gasteiger partial charge in [-0.1, -0.05) is 0 Å². The fraction of sp³-hybridized carbons (Fsp3) is 0.571. The lowest BCUT2D eigenvalue weighted by atomic mass is 9.80. The van der Waals surface area contributed by atoms with Crippen LogP contribution in [0.25, 0.3) is 0 Å². The van der Waals surface area contributed by atoms with Crippen LogP contribution >= 0.6 is 28.3 Å². The predicted molar refractivity (Wildman–Crippen MR) is 92.9 cm³/mol. The zero-order chi connectivity index (χ0) is 16.2. The predicted octanol–water partition coefficient (Wildman–Crippen LogP) is 2.30. The maximum atomic E-state index is 13.3. The van der Waals surface area contributed by atoms with Gasteiger partial charge in [0.1, 0.15) is 5.82 Å². The first kappa shape index (κ1) is 20.8. The van der Waals surface area contributed by atoms with Crippen LogP contribution in [0.5, 0.6) is 0 Å². The van der Waals surface area contributed by atoms with Gasteiger partial charge in [-0.25, -0.2) is 17.5 Å². The van der Waals surface area contributed by atoms with Crippen molar-refractivity contribution < 1.29 is 17.5 Å². The summed E-state index contributed by atoms with van der Waals surface area (Å²) in [5, 5.41) is 3.25. The molecule has 0 unspecified atom stereocenters. The van der Waals surface area contributed by atoms with E-state index >= 15 is 0 Å². The van der Waals surface area contributed by atoms with Gasteiger partial charge < -0.3 is 10.1 Å². The van der Waals surface area contributed by atoms with Crippen LogP contribution in [0.15, 0.2) is 27.6 Å². The highest BCUT2D eigenvalue weighted by atomic mass is 79.9. The maximum Gasteiger partial charge on any atom is 0.241 e. The summed E-state index contributed by atoms with van der Waals surface area (Å²) in [5.74, 6) is -0.586. The Labute approximate surface area is 151 Å². The van der Waals surface area contributed by atoms with E-state index in [0.717, 1.165) is 32.0 Å². The van der Waals surface area contributed by atoms with Crippen molar-refractivity contribution in [3.05, 3.63) is 28.5 Å². The number of hydrogen-bond acceptors (Lipinski definition) is 4. The van der Waals surface area contributed by atoms with E-state index in [1.54, 1.807) is 7.11 Å². The van der Waals surface area contributed by atoms with Crippen molar-refractivity contribution >= 4 is 38.4 Å². The summed E-state index contributed by atoms with van der Waals surface area (Å²) < 4.78 is 46.4. The molecule has 9 heteroatoms. The van der Waals surface area contributed by atoms with Crippen molar-refractivity contribution in [1.29, 1.82) is 0 Å². The molecule has 1 aliphatic heterocycles. The molecular formula is C14H21BrClFN2O3S. The molecule has 23 heavy (non-hydrogen) atoms. The number of ether oxygens (including phenoxy) is 1. The smallest absolute Gasteiger partial charge is 0.241 e. The third-order valence-corrected chi connectivity index (χ3v) is 6.33. The van der Waals surface area contributed by atoms with Crippen molar-refractivity contribution in [1.82, 2.24) is 10.0 Å². The number of rotatable bonds is 6. The van der Waals surface area contributed by atoms with Crippen LogP contribution in [0.1, 0.15) is 12.8 Å². The Morgan fingerprint density at radius 3 is 2.65 bits per heavy atom. The van der Waals surface area contributed by atoms with Crippen LogP contribution < -0.4 is 10.0 Å². The molecule has 1 aromatic carbocycles. The van der Waals surface area contributed by atoms with Crippen molar-refractivity contribution in [2.75, 3.05) is 33.4 Å².